The fourth-order valence-corrected chi connectivity index (χ4v) is 6.40. The van der Waals surface area contributed by atoms with E-state index >= 15 is 0 Å². The van der Waals surface area contributed by atoms with Crippen LogP contribution in [-0.4, -0.2) is 121 Å². The molecule has 12 N–H and O–H groups in total. The third-order valence-electron chi connectivity index (χ3n) is 9.82. The zero-order chi connectivity index (χ0) is 46.6. The van der Waals surface area contributed by atoms with Gasteiger partial charge in [-0.05, 0) is 61.1 Å². The molecular formula is C44H67N9O10. The maximum atomic E-state index is 14.0. The van der Waals surface area contributed by atoms with Crippen LogP contribution in [0.4, 0.5) is 5.69 Å². The molecule has 2 aromatic carbocycles. The monoisotopic (exact) mass is 882 g/mol. The second-order valence-corrected chi connectivity index (χ2v) is 15.4. The minimum Gasteiger partial charge on any atom is -0.481 e. The standard InChI is InChI=1S/C44H67N9O10/c1-4-5-6-7-9-34(45)27-46-22-20-36(47-24-25-48-40(57)28-50-29(2)54)43(61)53-38(42(60)49-23-21-37(44(62)63)52-39(56)10-8-11-41(58)59)26-31-12-14-32(15-13-31)33-16-18-35(19-17-33)51-30(3)55/h12-19,34,36-38,46-47H,4-11,20-28,45H2,1-3H3,(H,48,57)(H,49,60)(H,50,54)(H,51,55)(H,52,56)(H,53,61)(H,58,59)(H,62,63)/t34-,36-,37+,38+/m0/s1. The van der Waals surface area contributed by atoms with Crippen molar-refractivity contribution in [2.45, 2.75) is 116 Å². The zero-order valence-electron chi connectivity index (χ0n) is 36.7. The molecule has 0 unspecified atom stereocenters. The molecule has 2 rings (SSSR count). The third-order valence-corrected chi connectivity index (χ3v) is 9.82. The zero-order valence-corrected chi connectivity index (χ0v) is 36.7. The van der Waals surface area contributed by atoms with Crippen molar-refractivity contribution < 1.29 is 48.6 Å². The van der Waals surface area contributed by atoms with Gasteiger partial charge in [-0.2, -0.15) is 0 Å². The summed E-state index contributed by atoms with van der Waals surface area (Å²) in [5.41, 5.74) is 9.41. The Morgan fingerprint density at radius 3 is 1.90 bits per heavy atom. The average molecular weight is 882 g/mol. The SMILES string of the molecule is CCCCCC[C@H](N)CNCC[C@H](NCCNC(=O)CNC(C)=O)C(=O)N[C@H](Cc1ccc(-c2ccc(NC(C)=O)cc2)cc1)C(=O)NCC[C@@H](NC(=O)CCCC(=O)O)C(=O)O. The lowest BCUT2D eigenvalue weighted by molar-refractivity contribution is -0.142. The van der Waals surface area contributed by atoms with E-state index in [4.69, 9.17) is 10.8 Å². The number of anilines is 1. The van der Waals surface area contributed by atoms with E-state index in [-0.39, 0.29) is 76.1 Å². The predicted molar refractivity (Wildman–Crippen MR) is 238 cm³/mol. The smallest absolute Gasteiger partial charge is 0.326 e. The molecule has 0 bridgehead atoms. The highest BCUT2D eigenvalue weighted by Crippen LogP contribution is 2.22. The number of unbranched alkanes of at least 4 members (excludes halogenated alkanes) is 3. The first-order chi connectivity index (χ1) is 30.1. The van der Waals surface area contributed by atoms with Crippen LogP contribution < -0.4 is 48.3 Å². The molecule has 19 heteroatoms. The summed E-state index contributed by atoms with van der Waals surface area (Å²) < 4.78 is 0. The molecule has 0 heterocycles. The van der Waals surface area contributed by atoms with Crippen molar-refractivity contribution >= 4 is 53.1 Å². The van der Waals surface area contributed by atoms with Crippen molar-refractivity contribution in [2.24, 2.45) is 5.73 Å². The summed E-state index contributed by atoms with van der Waals surface area (Å²) in [7, 11) is 0. The van der Waals surface area contributed by atoms with Crippen molar-refractivity contribution in [3.8, 4) is 11.1 Å². The number of benzene rings is 2. The summed E-state index contributed by atoms with van der Waals surface area (Å²) in [4.78, 5) is 97.7. The Morgan fingerprint density at radius 1 is 0.619 bits per heavy atom. The second kappa shape index (κ2) is 30.2. The number of carboxylic acid groups (broad SMARTS) is 2. The Hall–Kier alpha value is -5.92. The van der Waals surface area contributed by atoms with Gasteiger partial charge in [0.2, 0.25) is 35.4 Å². The van der Waals surface area contributed by atoms with E-state index in [0.717, 1.165) is 43.2 Å². The van der Waals surface area contributed by atoms with Gasteiger partial charge in [-0.15, -0.1) is 0 Å². The van der Waals surface area contributed by atoms with Crippen molar-refractivity contribution in [3.05, 3.63) is 54.1 Å². The summed E-state index contributed by atoms with van der Waals surface area (Å²) in [6.07, 6.45) is 5.03. The average Bonchev–Trinajstić information content (AvgIpc) is 3.23. The number of carbonyl (C=O) groups is 8. The first-order valence-corrected chi connectivity index (χ1v) is 21.6. The van der Waals surface area contributed by atoms with E-state index in [1.165, 1.54) is 13.8 Å². The number of rotatable bonds is 32. The van der Waals surface area contributed by atoms with Crippen molar-refractivity contribution in [3.63, 3.8) is 0 Å². The highest BCUT2D eigenvalue weighted by atomic mass is 16.4. The van der Waals surface area contributed by atoms with E-state index < -0.39 is 53.7 Å². The van der Waals surface area contributed by atoms with Crippen LogP contribution in [-0.2, 0) is 44.8 Å². The molecule has 0 spiro atoms. The molecule has 4 atom stereocenters. The minimum atomic E-state index is -1.36. The van der Waals surface area contributed by atoms with Gasteiger partial charge in [0, 0.05) is 71.0 Å². The topological polar surface area (TPSA) is 299 Å². The molecular weight excluding hydrogens is 815 g/mol. The normalized spacial score (nSPS) is 12.8. The lowest BCUT2D eigenvalue weighted by Crippen LogP contribution is -2.55. The fraction of sp³-hybridized carbons (Fsp3) is 0.545. The van der Waals surface area contributed by atoms with Gasteiger partial charge < -0.3 is 58.5 Å². The van der Waals surface area contributed by atoms with E-state index in [1.807, 2.05) is 36.4 Å². The van der Waals surface area contributed by atoms with Crippen LogP contribution in [0.15, 0.2) is 48.5 Å². The Bertz CT molecular complexity index is 1780. The molecule has 0 aliphatic carbocycles. The maximum absolute atomic E-state index is 14.0. The molecule has 0 aliphatic heterocycles. The van der Waals surface area contributed by atoms with Crippen LogP contribution in [0.2, 0.25) is 0 Å². The van der Waals surface area contributed by atoms with Crippen LogP contribution in [0.3, 0.4) is 0 Å². The number of nitrogens with one attached hydrogen (secondary N) is 8. The molecule has 0 saturated carbocycles. The van der Waals surface area contributed by atoms with Crippen LogP contribution in [0.5, 0.6) is 0 Å². The van der Waals surface area contributed by atoms with Gasteiger partial charge in [0.1, 0.15) is 12.1 Å². The van der Waals surface area contributed by atoms with Crippen LogP contribution >= 0.6 is 0 Å². The van der Waals surface area contributed by atoms with Crippen LogP contribution in [0, 0.1) is 0 Å². The quantitative estimate of drug-likeness (QED) is 0.0461. The molecule has 0 aromatic heterocycles. The highest BCUT2D eigenvalue weighted by molar-refractivity contribution is 5.91. The third kappa shape index (κ3) is 23.8. The van der Waals surface area contributed by atoms with Gasteiger partial charge in [0.25, 0.3) is 0 Å². The van der Waals surface area contributed by atoms with Crippen LogP contribution in [0.25, 0.3) is 11.1 Å². The lowest BCUT2D eigenvalue weighted by Gasteiger charge is -2.24. The Kier molecular flexibility index (Phi) is 25.5. The van der Waals surface area contributed by atoms with Crippen molar-refractivity contribution in [1.29, 1.82) is 0 Å². The molecule has 63 heavy (non-hydrogen) atoms. The van der Waals surface area contributed by atoms with Crippen LogP contribution in [0.1, 0.15) is 90.5 Å². The molecule has 2 aromatic rings. The number of hydrogen-bond donors (Lipinski definition) is 11. The highest BCUT2D eigenvalue weighted by Gasteiger charge is 2.27. The Morgan fingerprint density at radius 2 is 1.29 bits per heavy atom. The van der Waals surface area contributed by atoms with E-state index in [0.29, 0.717) is 30.8 Å². The summed E-state index contributed by atoms with van der Waals surface area (Å²) in [6, 6.07) is 11.3. The fourth-order valence-electron chi connectivity index (χ4n) is 6.40. The van der Waals surface area contributed by atoms with Crippen molar-refractivity contribution in [1.82, 2.24) is 37.2 Å². The predicted octanol–water partition coefficient (Wildman–Crippen LogP) is 1.16. The van der Waals surface area contributed by atoms with Gasteiger partial charge in [-0.25, -0.2) is 4.79 Å². The van der Waals surface area contributed by atoms with Crippen molar-refractivity contribution in [2.75, 3.05) is 44.6 Å². The van der Waals surface area contributed by atoms with Gasteiger partial charge in [-0.1, -0.05) is 69.0 Å². The molecule has 0 aliphatic rings. The van der Waals surface area contributed by atoms with E-state index in [2.05, 4.69) is 49.5 Å². The first-order valence-electron chi connectivity index (χ1n) is 21.6. The summed E-state index contributed by atoms with van der Waals surface area (Å²) in [5.74, 6) is -5.10. The summed E-state index contributed by atoms with van der Waals surface area (Å²) in [5, 5.41) is 40.8. The second-order valence-electron chi connectivity index (χ2n) is 15.4. The number of carbonyl (C=O) groups excluding carboxylic acids is 6. The Labute approximate surface area is 369 Å². The molecule has 348 valence electrons. The molecule has 0 fully saturated rings. The number of amides is 6. The molecule has 0 radical (unpaired) electrons. The van der Waals surface area contributed by atoms with Gasteiger partial charge in [0.05, 0.1) is 12.6 Å². The van der Waals surface area contributed by atoms with Gasteiger partial charge in [0.15, 0.2) is 0 Å². The Balaban J connectivity index is 2.24. The number of carboxylic acids is 2. The number of hydrogen-bond acceptors (Lipinski definition) is 11. The summed E-state index contributed by atoms with van der Waals surface area (Å²) in [6.45, 7) is 5.77. The first kappa shape index (κ1) is 53.2. The van der Waals surface area contributed by atoms with E-state index in [9.17, 15) is 43.5 Å². The van der Waals surface area contributed by atoms with Gasteiger partial charge in [-0.3, -0.25) is 33.6 Å². The number of aliphatic carboxylic acids is 2. The number of nitrogens with two attached hydrogens (primary N) is 1. The molecule has 19 nitrogen and oxygen atoms in total. The largest absolute Gasteiger partial charge is 0.481 e. The molecule has 6 amide bonds. The maximum Gasteiger partial charge on any atom is 0.326 e. The minimum absolute atomic E-state index is 0.0310. The lowest BCUT2D eigenvalue weighted by atomic mass is 9.99. The van der Waals surface area contributed by atoms with E-state index in [1.54, 1.807) is 12.1 Å². The summed E-state index contributed by atoms with van der Waals surface area (Å²) >= 11 is 0. The molecule has 0 saturated heterocycles. The van der Waals surface area contributed by atoms with Gasteiger partial charge >= 0.3 is 11.9 Å².